The molecule has 3 heteroatoms. The third-order valence-corrected chi connectivity index (χ3v) is 2.99. The minimum Gasteiger partial charge on any atom is -0.361 e. The van der Waals surface area contributed by atoms with E-state index in [4.69, 9.17) is 10.9 Å². The number of nitrogens with zero attached hydrogens (tertiary/aromatic N) is 2. The van der Waals surface area contributed by atoms with E-state index >= 15 is 0 Å². The zero-order valence-corrected chi connectivity index (χ0v) is 8.70. The Kier molecular flexibility index (Phi) is 2.48. The lowest BCUT2D eigenvalue weighted by Crippen LogP contribution is -2.32. The SMILES string of the molecule is CCC1Cc2ccccc2C(=[N+]=[N-])C1=N. The molecule has 0 saturated carbocycles. The molecule has 0 bridgehead atoms. The van der Waals surface area contributed by atoms with E-state index < -0.39 is 0 Å². The molecule has 3 nitrogen and oxygen atoms in total. The van der Waals surface area contributed by atoms with Gasteiger partial charge >= 0.3 is 5.71 Å². The van der Waals surface area contributed by atoms with Crippen LogP contribution in [0.25, 0.3) is 5.53 Å². The number of rotatable bonds is 1. The Morgan fingerprint density at radius 2 is 2.20 bits per heavy atom. The summed E-state index contributed by atoms with van der Waals surface area (Å²) in [5.74, 6) is 0.186. The molecular formula is C12H13N3. The van der Waals surface area contributed by atoms with Crippen molar-refractivity contribution in [3.63, 3.8) is 0 Å². The number of benzene rings is 1. The van der Waals surface area contributed by atoms with Gasteiger partial charge in [-0.05, 0) is 24.5 Å². The molecule has 0 radical (unpaired) electrons. The molecule has 1 aliphatic rings. The topological polar surface area (TPSA) is 60.3 Å². The average molecular weight is 199 g/mol. The predicted molar refractivity (Wildman–Crippen MR) is 59.4 cm³/mol. The quantitative estimate of drug-likeness (QED) is 0.533. The van der Waals surface area contributed by atoms with E-state index in [1.165, 1.54) is 5.56 Å². The van der Waals surface area contributed by atoms with Crippen molar-refractivity contribution in [3.05, 3.63) is 40.9 Å². The lowest BCUT2D eigenvalue weighted by molar-refractivity contribution is -0.00130. The lowest BCUT2D eigenvalue weighted by Gasteiger charge is -2.20. The van der Waals surface area contributed by atoms with Crippen molar-refractivity contribution in [1.82, 2.24) is 0 Å². The predicted octanol–water partition coefficient (Wildman–Crippen LogP) is 2.31. The summed E-state index contributed by atoms with van der Waals surface area (Å²) in [5, 5.41) is 7.94. The van der Waals surface area contributed by atoms with Crippen molar-refractivity contribution in [2.24, 2.45) is 5.92 Å². The third-order valence-electron chi connectivity index (χ3n) is 2.99. The van der Waals surface area contributed by atoms with Gasteiger partial charge in [0.1, 0.15) is 5.71 Å². The molecule has 0 fully saturated rings. The fraction of sp³-hybridized carbons (Fsp3) is 0.333. The third kappa shape index (κ3) is 1.51. The molecule has 0 aliphatic heterocycles. The summed E-state index contributed by atoms with van der Waals surface area (Å²) in [6.45, 7) is 2.06. The zero-order valence-electron chi connectivity index (χ0n) is 8.70. The monoisotopic (exact) mass is 199 g/mol. The van der Waals surface area contributed by atoms with Gasteiger partial charge in [-0.2, -0.15) is 4.79 Å². The summed E-state index contributed by atoms with van der Waals surface area (Å²) in [7, 11) is 0. The van der Waals surface area contributed by atoms with Crippen molar-refractivity contribution in [2.45, 2.75) is 19.8 Å². The number of nitrogens with one attached hydrogen (secondary N) is 1. The van der Waals surface area contributed by atoms with E-state index in [2.05, 4.69) is 11.7 Å². The van der Waals surface area contributed by atoms with Crippen LogP contribution in [0.1, 0.15) is 24.5 Å². The zero-order chi connectivity index (χ0) is 10.8. The smallest absolute Gasteiger partial charge is 0.343 e. The van der Waals surface area contributed by atoms with Crippen LogP contribution in [-0.2, 0) is 6.42 Å². The molecule has 0 heterocycles. The second-order valence-corrected chi connectivity index (χ2v) is 3.83. The van der Waals surface area contributed by atoms with E-state index in [-0.39, 0.29) is 5.92 Å². The first-order valence-electron chi connectivity index (χ1n) is 5.17. The van der Waals surface area contributed by atoms with Crippen LogP contribution in [0.15, 0.2) is 24.3 Å². The molecule has 76 valence electrons. The highest BCUT2D eigenvalue weighted by Gasteiger charge is 2.33. The molecule has 1 N–H and O–H groups in total. The minimum atomic E-state index is 0.186. The van der Waals surface area contributed by atoms with Crippen LogP contribution in [-0.4, -0.2) is 16.2 Å². The largest absolute Gasteiger partial charge is 0.361 e. The van der Waals surface area contributed by atoms with Crippen LogP contribution in [0.3, 0.4) is 0 Å². The molecule has 1 aliphatic carbocycles. The summed E-state index contributed by atoms with van der Waals surface area (Å²) in [4.78, 5) is 3.26. The molecule has 1 unspecified atom stereocenters. The second-order valence-electron chi connectivity index (χ2n) is 3.83. The summed E-state index contributed by atoms with van der Waals surface area (Å²) in [6.07, 6.45) is 1.79. The molecule has 1 aromatic carbocycles. The maximum absolute atomic E-state index is 8.97. The molecule has 2 rings (SSSR count). The normalized spacial score (nSPS) is 19.7. The van der Waals surface area contributed by atoms with Gasteiger partial charge in [-0.1, -0.05) is 25.1 Å². The highest BCUT2D eigenvalue weighted by molar-refractivity contribution is 6.46. The lowest BCUT2D eigenvalue weighted by atomic mass is 9.80. The highest BCUT2D eigenvalue weighted by Crippen LogP contribution is 2.24. The van der Waals surface area contributed by atoms with Crippen molar-refractivity contribution in [2.75, 3.05) is 0 Å². The van der Waals surface area contributed by atoms with E-state index in [9.17, 15) is 0 Å². The first kappa shape index (κ1) is 9.81. The van der Waals surface area contributed by atoms with E-state index in [0.717, 1.165) is 18.4 Å². The van der Waals surface area contributed by atoms with Gasteiger partial charge in [0.05, 0.1) is 5.56 Å². The number of hydrogen-bond donors (Lipinski definition) is 1. The maximum Gasteiger partial charge on any atom is 0.343 e. The second kappa shape index (κ2) is 3.79. The molecule has 1 aromatic rings. The average Bonchev–Trinajstić information content (AvgIpc) is 2.28. The van der Waals surface area contributed by atoms with Gasteiger partial charge < -0.3 is 5.53 Å². The summed E-state index contributed by atoms with van der Waals surface area (Å²) >= 11 is 0. The van der Waals surface area contributed by atoms with Crippen LogP contribution in [0.2, 0.25) is 0 Å². The van der Waals surface area contributed by atoms with Gasteiger partial charge in [-0.15, -0.1) is 0 Å². The van der Waals surface area contributed by atoms with Crippen molar-refractivity contribution < 1.29 is 4.79 Å². The van der Waals surface area contributed by atoms with Gasteiger partial charge in [-0.3, -0.25) is 5.41 Å². The Hall–Kier alpha value is -1.73. The standard InChI is InChI=1S/C12H13N3/c1-2-8-7-9-5-3-4-6-10(9)12(15-14)11(8)13/h3-6,8,13H,2,7H2,1H3. The van der Waals surface area contributed by atoms with E-state index in [1.54, 1.807) is 0 Å². The van der Waals surface area contributed by atoms with E-state index in [0.29, 0.717) is 11.4 Å². The van der Waals surface area contributed by atoms with Crippen LogP contribution in [0.5, 0.6) is 0 Å². The van der Waals surface area contributed by atoms with Gasteiger partial charge in [0.25, 0.3) is 0 Å². The maximum atomic E-state index is 8.97. The molecule has 0 aromatic heterocycles. The molecule has 0 amide bonds. The fourth-order valence-electron chi connectivity index (χ4n) is 2.09. The summed E-state index contributed by atoms with van der Waals surface area (Å²) in [6, 6.07) is 7.83. The number of fused-ring (bicyclic) bond motifs is 1. The first-order chi connectivity index (χ1) is 7.27. The molecule has 0 saturated heterocycles. The van der Waals surface area contributed by atoms with Crippen LogP contribution in [0.4, 0.5) is 0 Å². The van der Waals surface area contributed by atoms with Crippen LogP contribution >= 0.6 is 0 Å². The van der Waals surface area contributed by atoms with Crippen LogP contribution in [0, 0.1) is 11.3 Å². The Morgan fingerprint density at radius 3 is 2.87 bits per heavy atom. The van der Waals surface area contributed by atoms with Gasteiger partial charge in [0, 0.05) is 5.92 Å². The first-order valence-corrected chi connectivity index (χ1v) is 5.17. The molecular weight excluding hydrogens is 186 g/mol. The van der Waals surface area contributed by atoms with Crippen molar-refractivity contribution >= 4 is 11.4 Å². The van der Waals surface area contributed by atoms with Crippen molar-refractivity contribution in [1.29, 1.82) is 5.41 Å². The number of hydrogen-bond acceptors (Lipinski definition) is 1. The summed E-state index contributed by atoms with van der Waals surface area (Å²) < 4.78 is 0. The Balaban J connectivity index is 2.58. The molecule has 15 heavy (non-hydrogen) atoms. The fourth-order valence-corrected chi connectivity index (χ4v) is 2.09. The van der Waals surface area contributed by atoms with Gasteiger partial charge in [-0.25, -0.2) is 0 Å². The van der Waals surface area contributed by atoms with Gasteiger partial charge in [0.15, 0.2) is 0 Å². The molecule has 1 atom stereocenters. The summed E-state index contributed by atoms with van der Waals surface area (Å²) in [5.41, 5.74) is 11.9. The Bertz CT molecular complexity index is 456. The Morgan fingerprint density at radius 1 is 1.47 bits per heavy atom. The van der Waals surface area contributed by atoms with E-state index in [1.807, 2.05) is 24.3 Å². The Labute approximate surface area is 88.9 Å². The minimum absolute atomic E-state index is 0.186. The van der Waals surface area contributed by atoms with Crippen LogP contribution < -0.4 is 0 Å². The van der Waals surface area contributed by atoms with Crippen molar-refractivity contribution in [3.8, 4) is 0 Å². The highest BCUT2D eigenvalue weighted by atomic mass is 14.9. The molecule has 0 spiro atoms. The van der Waals surface area contributed by atoms with Gasteiger partial charge in [0.2, 0.25) is 0 Å².